The largest absolute Gasteiger partial charge is 0.353 e. The van der Waals surface area contributed by atoms with E-state index in [0.717, 1.165) is 12.0 Å². The maximum Gasteiger partial charge on any atom is 0.222 e. The van der Waals surface area contributed by atoms with Crippen molar-refractivity contribution >= 4 is 29.7 Å². The molecule has 0 aliphatic rings. The van der Waals surface area contributed by atoms with E-state index < -0.39 is 0 Å². The molecule has 22 heavy (non-hydrogen) atoms. The fraction of sp³-hybridized carbons (Fsp3) is 0.353. The first-order valence-electron chi connectivity index (χ1n) is 7.20. The van der Waals surface area contributed by atoms with Crippen molar-refractivity contribution in [3.63, 3.8) is 0 Å². The minimum atomic E-state index is -0.248. The molecule has 0 spiro atoms. The molecule has 2 rings (SSSR count). The Morgan fingerprint density at radius 1 is 1.23 bits per heavy atom. The first-order valence-corrected chi connectivity index (χ1v) is 8.01. The van der Waals surface area contributed by atoms with Gasteiger partial charge < -0.3 is 11.1 Å². The molecule has 0 bridgehead atoms. The standard InChI is InChI=1S/C17H22N2OS.ClH/c1-12(10-15-9-8-13(2)21-15)19-17(20)11-16(18)14-6-4-3-5-7-14;/h3-9,12,16H,10-11,18H2,1-2H3,(H,19,20);1H. The molecule has 0 radical (unpaired) electrons. The average molecular weight is 339 g/mol. The third-order valence-corrected chi connectivity index (χ3v) is 4.37. The zero-order valence-electron chi connectivity index (χ0n) is 12.9. The number of benzene rings is 1. The quantitative estimate of drug-likeness (QED) is 0.845. The third kappa shape index (κ3) is 5.79. The zero-order chi connectivity index (χ0) is 15.2. The Hall–Kier alpha value is -1.36. The number of hydrogen-bond donors (Lipinski definition) is 2. The van der Waals surface area contributed by atoms with Crippen LogP contribution in [0.15, 0.2) is 42.5 Å². The molecular weight excluding hydrogens is 316 g/mol. The molecule has 0 fully saturated rings. The summed E-state index contributed by atoms with van der Waals surface area (Å²) in [6, 6.07) is 13.8. The summed E-state index contributed by atoms with van der Waals surface area (Å²) < 4.78 is 0. The van der Waals surface area contributed by atoms with E-state index in [2.05, 4.69) is 24.4 Å². The Bertz CT molecular complexity index is 585. The van der Waals surface area contributed by atoms with Crippen molar-refractivity contribution in [2.24, 2.45) is 5.73 Å². The predicted octanol–water partition coefficient (Wildman–Crippen LogP) is 3.62. The molecule has 1 aromatic carbocycles. The lowest BCUT2D eigenvalue weighted by atomic mass is 10.0. The Kier molecular flexibility index (Phi) is 7.59. The monoisotopic (exact) mass is 338 g/mol. The number of carbonyl (C=O) groups is 1. The highest BCUT2D eigenvalue weighted by atomic mass is 35.5. The Morgan fingerprint density at radius 2 is 1.91 bits per heavy atom. The van der Waals surface area contributed by atoms with Crippen molar-refractivity contribution in [1.29, 1.82) is 0 Å². The summed E-state index contributed by atoms with van der Waals surface area (Å²) in [5, 5.41) is 3.03. The molecule has 1 aromatic heterocycles. The van der Waals surface area contributed by atoms with Gasteiger partial charge in [-0.3, -0.25) is 4.79 Å². The predicted molar refractivity (Wildman–Crippen MR) is 95.6 cm³/mol. The Labute approximate surface area is 142 Å². The maximum absolute atomic E-state index is 12.0. The van der Waals surface area contributed by atoms with E-state index in [4.69, 9.17) is 5.73 Å². The summed E-state index contributed by atoms with van der Waals surface area (Å²) in [5.74, 6) is 0.00660. The number of aryl methyl sites for hydroxylation is 1. The number of rotatable bonds is 6. The first-order chi connectivity index (χ1) is 10.0. The normalized spacial score (nSPS) is 13.0. The number of nitrogens with one attached hydrogen (secondary N) is 1. The number of halogens is 1. The van der Waals surface area contributed by atoms with Crippen LogP contribution in [0.1, 0.15) is 34.7 Å². The van der Waals surface area contributed by atoms with Crippen molar-refractivity contribution in [3.05, 3.63) is 57.8 Å². The SMILES string of the molecule is Cc1ccc(CC(C)NC(=O)CC(N)c2ccccc2)s1.Cl. The maximum atomic E-state index is 12.0. The Morgan fingerprint density at radius 3 is 2.50 bits per heavy atom. The summed E-state index contributed by atoms with van der Waals surface area (Å²) in [6.07, 6.45) is 1.18. The van der Waals surface area contributed by atoms with Gasteiger partial charge >= 0.3 is 0 Å². The molecule has 0 saturated carbocycles. The molecule has 3 nitrogen and oxygen atoms in total. The highest BCUT2D eigenvalue weighted by molar-refractivity contribution is 7.11. The van der Waals surface area contributed by atoms with Gasteiger partial charge in [0.05, 0.1) is 0 Å². The van der Waals surface area contributed by atoms with Crippen LogP contribution in [0.5, 0.6) is 0 Å². The number of amides is 1. The van der Waals surface area contributed by atoms with Crippen LogP contribution in [-0.4, -0.2) is 11.9 Å². The summed E-state index contributed by atoms with van der Waals surface area (Å²) in [5.41, 5.74) is 7.06. The summed E-state index contributed by atoms with van der Waals surface area (Å²) >= 11 is 1.78. The summed E-state index contributed by atoms with van der Waals surface area (Å²) in [6.45, 7) is 4.12. The molecule has 0 saturated heterocycles. The number of nitrogens with two attached hydrogens (primary N) is 1. The number of thiophene rings is 1. The van der Waals surface area contributed by atoms with Crippen LogP contribution < -0.4 is 11.1 Å². The summed E-state index contributed by atoms with van der Waals surface area (Å²) in [4.78, 5) is 14.6. The number of carbonyl (C=O) groups excluding carboxylic acids is 1. The van der Waals surface area contributed by atoms with Gasteiger partial charge in [0.1, 0.15) is 0 Å². The first kappa shape index (κ1) is 18.7. The Balaban J connectivity index is 0.00000242. The van der Waals surface area contributed by atoms with Gasteiger partial charge in [0, 0.05) is 34.7 Å². The van der Waals surface area contributed by atoms with E-state index in [1.165, 1.54) is 9.75 Å². The van der Waals surface area contributed by atoms with Crippen LogP contribution in [0.25, 0.3) is 0 Å². The van der Waals surface area contributed by atoms with E-state index >= 15 is 0 Å². The highest BCUT2D eigenvalue weighted by Gasteiger charge is 2.14. The highest BCUT2D eigenvalue weighted by Crippen LogP contribution is 2.17. The smallest absolute Gasteiger partial charge is 0.222 e. The fourth-order valence-corrected chi connectivity index (χ4v) is 3.32. The van der Waals surface area contributed by atoms with E-state index in [1.807, 2.05) is 37.3 Å². The van der Waals surface area contributed by atoms with Crippen LogP contribution in [0, 0.1) is 6.92 Å². The molecular formula is C17H23ClN2OS. The molecule has 1 amide bonds. The average Bonchev–Trinajstić information content (AvgIpc) is 2.84. The second-order valence-corrected chi connectivity index (χ2v) is 6.78. The molecule has 120 valence electrons. The van der Waals surface area contributed by atoms with E-state index in [-0.39, 0.29) is 30.4 Å². The molecule has 2 aromatic rings. The molecule has 2 unspecified atom stereocenters. The van der Waals surface area contributed by atoms with E-state index in [9.17, 15) is 4.79 Å². The van der Waals surface area contributed by atoms with Gasteiger partial charge in [0.15, 0.2) is 0 Å². The van der Waals surface area contributed by atoms with Gasteiger partial charge in [-0.05, 0) is 31.5 Å². The van der Waals surface area contributed by atoms with Crippen LogP contribution in [0.3, 0.4) is 0 Å². The minimum absolute atomic E-state index is 0. The van der Waals surface area contributed by atoms with Crippen molar-refractivity contribution in [2.75, 3.05) is 0 Å². The molecule has 0 aliphatic heterocycles. The van der Waals surface area contributed by atoms with Gasteiger partial charge in [-0.2, -0.15) is 0 Å². The van der Waals surface area contributed by atoms with Crippen molar-refractivity contribution in [1.82, 2.24) is 5.32 Å². The van der Waals surface area contributed by atoms with E-state index in [1.54, 1.807) is 11.3 Å². The van der Waals surface area contributed by atoms with Crippen molar-refractivity contribution < 1.29 is 4.79 Å². The van der Waals surface area contributed by atoms with E-state index in [0.29, 0.717) is 6.42 Å². The minimum Gasteiger partial charge on any atom is -0.353 e. The lowest BCUT2D eigenvalue weighted by molar-refractivity contribution is -0.122. The van der Waals surface area contributed by atoms with Crippen LogP contribution in [-0.2, 0) is 11.2 Å². The van der Waals surface area contributed by atoms with Gasteiger partial charge in [-0.25, -0.2) is 0 Å². The van der Waals surface area contributed by atoms with Crippen LogP contribution in [0.2, 0.25) is 0 Å². The topological polar surface area (TPSA) is 55.1 Å². The van der Waals surface area contributed by atoms with Crippen LogP contribution >= 0.6 is 23.7 Å². The molecule has 5 heteroatoms. The molecule has 2 atom stereocenters. The second kappa shape index (κ2) is 8.93. The third-order valence-electron chi connectivity index (χ3n) is 3.34. The molecule has 1 heterocycles. The zero-order valence-corrected chi connectivity index (χ0v) is 14.5. The second-order valence-electron chi connectivity index (χ2n) is 5.41. The van der Waals surface area contributed by atoms with Gasteiger partial charge in [-0.15, -0.1) is 23.7 Å². The van der Waals surface area contributed by atoms with Crippen molar-refractivity contribution in [3.8, 4) is 0 Å². The molecule has 3 N–H and O–H groups in total. The van der Waals surface area contributed by atoms with Gasteiger partial charge in [0.2, 0.25) is 5.91 Å². The lowest BCUT2D eigenvalue weighted by Gasteiger charge is -2.16. The lowest BCUT2D eigenvalue weighted by Crippen LogP contribution is -2.35. The molecule has 0 aliphatic carbocycles. The fourth-order valence-electron chi connectivity index (χ4n) is 2.30. The van der Waals surface area contributed by atoms with Crippen molar-refractivity contribution in [2.45, 2.75) is 38.8 Å². The summed E-state index contributed by atoms with van der Waals surface area (Å²) in [7, 11) is 0. The number of hydrogen-bond acceptors (Lipinski definition) is 3. The van der Waals surface area contributed by atoms with Crippen LogP contribution in [0.4, 0.5) is 0 Å². The van der Waals surface area contributed by atoms with Gasteiger partial charge in [-0.1, -0.05) is 30.3 Å². The van der Waals surface area contributed by atoms with Gasteiger partial charge in [0.25, 0.3) is 0 Å².